The summed E-state index contributed by atoms with van der Waals surface area (Å²) in [6.45, 7) is 0. The van der Waals surface area contributed by atoms with E-state index in [1.54, 1.807) is 0 Å². The van der Waals surface area contributed by atoms with Crippen LogP contribution in [-0.2, 0) is 6.42 Å². The monoisotopic (exact) mass is 614 g/mol. The normalized spacial score (nSPS) is 12.2. The lowest BCUT2D eigenvalue weighted by molar-refractivity contribution is 0.645. The van der Waals surface area contributed by atoms with E-state index in [4.69, 9.17) is 4.42 Å². The molecule has 0 fully saturated rings. The molecule has 0 N–H and O–H groups in total. The van der Waals surface area contributed by atoms with Crippen LogP contribution in [0.3, 0.4) is 0 Å². The molecular formula is C47H34O. The van der Waals surface area contributed by atoms with E-state index in [1.165, 1.54) is 71.3 Å². The summed E-state index contributed by atoms with van der Waals surface area (Å²) < 4.78 is 6.99. The van der Waals surface area contributed by atoms with Gasteiger partial charge in [-0.15, -0.1) is 0 Å². The summed E-state index contributed by atoms with van der Waals surface area (Å²) in [6.07, 6.45) is 1.95. The number of hydrogen-bond donors (Lipinski definition) is 0. The average molecular weight is 615 g/mol. The van der Waals surface area contributed by atoms with E-state index >= 15 is 0 Å². The molecule has 1 unspecified atom stereocenters. The van der Waals surface area contributed by atoms with Gasteiger partial charge in [-0.2, -0.15) is 0 Å². The largest absolute Gasteiger partial charge is 0.456 e. The first-order valence-corrected chi connectivity index (χ1v) is 16.9. The predicted octanol–water partition coefficient (Wildman–Crippen LogP) is 13.0. The maximum absolute atomic E-state index is 6.99. The van der Waals surface area contributed by atoms with Gasteiger partial charge >= 0.3 is 0 Å². The van der Waals surface area contributed by atoms with Crippen LogP contribution in [0.4, 0.5) is 0 Å². The van der Waals surface area contributed by atoms with Crippen LogP contribution in [-0.4, -0.2) is 0 Å². The summed E-state index contributed by atoms with van der Waals surface area (Å²) in [5, 5.41) is 7.33. The van der Waals surface area contributed by atoms with Gasteiger partial charge in [0, 0.05) is 22.3 Å². The molecule has 1 heterocycles. The van der Waals surface area contributed by atoms with Gasteiger partial charge in [0.15, 0.2) is 0 Å². The van der Waals surface area contributed by atoms with Crippen molar-refractivity contribution in [2.75, 3.05) is 0 Å². The summed E-state index contributed by atoms with van der Waals surface area (Å²) in [4.78, 5) is 0. The minimum atomic E-state index is 0.188. The third-order valence-electron chi connectivity index (χ3n) is 9.98. The standard InChI is InChI=1S/C47H34O/c1-3-13-33(14-4-1)34-28-25-32(26-29-34)27-30-38(35-15-5-2-6-16-35)42-23-12-24-43-46-41-21-10-9-20-40(41)44(31-45(46)48-47(42)43)39-22-11-18-36-17-7-8-19-37(36)39/h1-26,28-29,31,38H,27,30H2. The zero-order chi connectivity index (χ0) is 31.9. The molecule has 228 valence electrons. The molecule has 0 aliphatic heterocycles. The van der Waals surface area contributed by atoms with Gasteiger partial charge in [-0.1, -0.05) is 170 Å². The molecule has 0 aliphatic rings. The van der Waals surface area contributed by atoms with Gasteiger partial charge < -0.3 is 4.42 Å². The van der Waals surface area contributed by atoms with Crippen LogP contribution in [0.2, 0.25) is 0 Å². The number of para-hydroxylation sites is 1. The van der Waals surface area contributed by atoms with Gasteiger partial charge in [-0.3, -0.25) is 0 Å². The molecule has 1 aromatic heterocycles. The Hall–Kier alpha value is -5.92. The fraction of sp³-hybridized carbons (Fsp3) is 0.0638. The van der Waals surface area contributed by atoms with Crippen molar-refractivity contribution in [1.29, 1.82) is 0 Å². The van der Waals surface area contributed by atoms with Crippen molar-refractivity contribution in [3.05, 3.63) is 193 Å². The Morgan fingerprint density at radius 2 is 1.08 bits per heavy atom. The number of benzene rings is 8. The predicted molar refractivity (Wildman–Crippen MR) is 203 cm³/mol. The van der Waals surface area contributed by atoms with E-state index in [0.717, 1.165) is 24.0 Å². The van der Waals surface area contributed by atoms with Crippen molar-refractivity contribution in [3.63, 3.8) is 0 Å². The van der Waals surface area contributed by atoms with Gasteiger partial charge in [0.05, 0.1) is 0 Å². The van der Waals surface area contributed by atoms with Crippen molar-refractivity contribution in [2.24, 2.45) is 0 Å². The van der Waals surface area contributed by atoms with Crippen molar-refractivity contribution < 1.29 is 4.42 Å². The first kappa shape index (κ1) is 28.3. The zero-order valence-corrected chi connectivity index (χ0v) is 26.6. The zero-order valence-electron chi connectivity index (χ0n) is 26.6. The number of rotatable bonds is 7. The molecule has 0 bridgehead atoms. The summed E-state index contributed by atoms with van der Waals surface area (Å²) in [5.74, 6) is 0.188. The average Bonchev–Trinajstić information content (AvgIpc) is 3.55. The van der Waals surface area contributed by atoms with E-state index in [2.05, 4.69) is 176 Å². The van der Waals surface area contributed by atoms with Crippen molar-refractivity contribution in [1.82, 2.24) is 0 Å². The molecule has 9 aromatic rings. The molecular weight excluding hydrogens is 581 g/mol. The van der Waals surface area contributed by atoms with E-state index < -0.39 is 0 Å². The maximum Gasteiger partial charge on any atom is 0.139 e. The van der Waals surface area contributed by atoms with Crippen LogP contribution in [0.1, 0.15) is 29.0 Å². The number of aryl methyl sites for hydroxylation is 1. The minimum absolute atomic E-state index is 0.188. The highest BCUT2D eigenvalue weighted by atomic mass is 16.3. The van der Waals surface area contributed by atoms with Crippen LogP contribution in [0.25, 0.3) is 65.7 Å². The molecule has 0 radical (unpaired) electrons. The molecule has 48 heavy (non-hydrogen) atoms. The molecule has 0 saturated heterocycles. The second kappa shape index (κ2) is 12.0. The fourth-order valence-electron chi connectivity index (χ4n) is 7.63. The lowest BCUT2D eigenvalue weighted by Gasteiger charge is -2.19. The third kappa shape index (κ3) is 4.96. The quantitative estimate of drug-likeness (QED) is 0.174. The summed E-state index contributed by atoms with van der Waals surface area (Å²) in [5.41, 5.74) is 10.8. The highest BCUT2D eigenvalue weighted by molar-refractivity contribution is 6.23. The summed E-state index contributed by atoms with van der Waals surface area (Å²) in [6, 6.07) is 63.6. The second-order valence-electron chi connectivity index (χ2n) is 12.8. The Morgan fingerprint density at radius 1 is 0.458 bits per heavy atom. The minimum Gasteiger partial charge on any atom is -0.456 e. The second-order valence-corrected chi connectivity index (χ2v) is 12.8. The Kier molecular flexibility index (Phi) is 7.09. The molecule has 0 saturated carbocycles. The fourth-order valence-corrected chi connectivity index (χ4v) is 7.63. The van der Waals surface area contributed by atoms with Crippen LogP contribution >= 0.6 is 0 Å². The Bertz CT molecular complexity index is 2540. The maximum atomic E-state index is 6.99. The molecule has 9 rings (SSSR count). The van der Waals surface area contributed by atoms with Gasteiger partial charge in [0.25, 0.3) is 0 Å². The van der Waals surface area contributed by atoms with E-state index in [1.807, 2.05) is 0 Å². The van der Waals surface area contributed by atoms with Crippen molar-refractivity contribution in [3.8, 4) is 22.3 Å². The molecule has 8 aromatic carbocycles. The summed E-state index contributed by atoms with van der Waals surface area (Å²) >= 11 is 0. The smallest absolute Gasteiger partial charge is 0.139 e. The van der Waals surface area contributed by atoms with Crippen LogP contribution in [0.15, 0.2) is 180 Å². The van der Waals surface area contributed by atoms with Crippen LogP contribution in [0, 0.1) is 0 Å². The lowest BCUT2D eigenvalue weighted by atomic mass is 9.85. The Labute approximate surface area is 280 Å². The molecule has 1 nitrogen and oxygen atoms in total. The van der Waals surface area contributed by atoms with Crippen LogP contribution < -0.4 is 0 Å². The van der Waals surface area contributed by atoms with Gasteiger partial charge in [-0.25, -0.2) is 0 Å². The van der Waals surface area contributed by atoms with Gasteiger partial charge in [0.2, 0.25) is 0 Å². The van der Waals surface area contributed by atoms with Gasteiger partial charge in [-0.05, 0) is 73.8 Å². The lowest BCUT2D eigenvalue weighted by Crippen LogP contribution is -2.04. The molecule has 0 aliphatic carbocycles. The Morgan fingerprint density at radius 3 is 1.90 bits per heavy atom. The van der Waals surface area contributed by atoms with E-state index in [9.17, 15) is 0 Å². The molecule has 1 heteroatoms. The topological polar surface area (TPSA) is 13.1 Å². The van der Waals surface area contributed by atoms with E-state index in [0.29, 0.717) is 0 Å². The first-order chi connectivity index (χ1) is 23.8. The van der Waals surface area contributed by atoms with Gasteiger partial charge in [0.1, 0.15) is 11.2 Å². The first-order valence-electron chi connectivity index (χ1n) is 16.9. The van der Waals surface area contributed by atoms with Crippen molar-refractivity contribution >= 4 is 43.5 Å². The van der Waals surface area contributed by atoms with Crippen molar-refractivity contribution in [2.45, 2.75) is 18.8 Å². The highest BCUT2D eigenvalue weighted by Gasteiger charge is 2.22. The Balaban J connectivity index is 1.17. The molecule has 0 amide bonds. The molecule has 0 spiro atoms. The third-order valence-corrected chi connectivity index (χ3v) is 9.98. The number of hydrogen-bond acceptors (Lipinski definition) is 1. The molecule has 1 atom stereocenters. The number of fused-ring (bicyclic) bond motifs is 6. The SMILES string of the molecule is c1ccc(-c2ccc(CCC(c3ccccc3)c3cccc4c3oc3cc(-c5cccc6ccccc56)c5ccccc5c34)cc2)cc1. The number of furan rings is 1. The highest BCUT2D eigenvalue weighted by Crippen LogP contribution is 2.44. The van der Waals surface area contributed by atoms with E-state index in [-0.39, 0.29) is 5.92 Å². The summed E-state index contributed by atoms with van der Waals surface area (Å²) in [7, 11) is 0. The van der Waals surface area contributed by atoms with Crippen LogP contribution in [0.5, 0.6) is 0 Å².